The summed E-state index contributed by atoms with van der Waals surface area (Å²) in [7, 11) is 1.97. The first kappa shape index (κ1) is 18.4. The number of imide groups is 2. The van der Waals surface area contributed by atoms with Crippen molar-refractivity contribution < 1.29 is 19.2 Å². The molecule has 2 N–H and O–H groups in total. The lowest BCUT2D eigenvalue weighted by atomic mass is 10.0. The van der Waals surface area contributed by atoms with Crippen molar-refractivity contribution in [2.75, 3.05) is 20.1 Å². The Hall–Kier alpha value is -3.00. The Balaban J connectivity index is 1.57. The van der Waals surface area contributed by atoms with Crippen LogP contribution in [0.5, 0.6) is 0 Å². The number of likely N-dealkylation sites (N-methyl/N-ethyl adjacent to an activating group) is 1. The third-order valence-electron chi connectivity index (χ3n) is 5.36. The summed E-state index contributed by atoms with van der Waals surface area (Å²) in [5.74, 6) is -1.90. The van der Waals surface area contributed by atoms with E-state index < -0.39 is 23.8 Å². The van der Waals surface area contributed by atoms with Gasteiger partial charge in [0.15, 0.2) is 0 Å². The molecular formula is C20H22N4O4. The maximum Gasteiger partial charge on any atom is 0.262 e. The second kappa shape index (κ2) is 7.20. The van der Waals surface area contributed by atoms with E-state index in [1.54, 1.807) is 12.1 Å². The molecule has 8 heteroatoms. The van der Waals surface area contributed by atoms with Crippen LogP contribution >= 0.6 is 0 Å². The molecule has 28 heavy (non-hydrogen) atoms. The van der Waals surface area contributed by atoms with Crippen LogP contribution in [-0.4, -0.2) is 59.6 Å². The summed E-state index contributed by atoms with van der Waals surface area (Å²) in [5.41, 5.74) is 2.74. The quantitative estimate of drug-likeness (QED) is 0.715. The highest BCUT2D eigenvalue weighted by molar-refractivity contribution is 6.24. The Morgan fingerprint density at radius 1 is 1.11 bits per heavy atom. The van der Waals surface area contributed by atoms with Crippen LogP contribution in [0.2, 0.25) is 0 Å². The predicted molar refractivity (Wildman–Crippen MR) is 100 cm³/mol. The van der Waals surface area contributed by atoms with Gasteiger partial charge in [-0.25, -0.2) is 0 Å². The molecule has 1 aromatic carbocycles. The zero-order valence-corrected chi connectivity index (χ0v) is 15.7. The maximum absolute atomic E-state index is 13.1. The smallest absolute Gasteiger partial charge is 0.262 e. The van der Waals surface area contributed by atoms with Gasteiger partial charge in [-0.15, -0.1) is 0 Å². The van der Waals surface area contributed by atoms with Crippen LogP contribution in [0.25, 0.3) is 0 Å². The normalized spacial score (nSPS) is 21.7. The van der Waals surface area contributed by atoms with Crippen molar-refractivity contribution in [2.45, 2.75) is 31.8 Å². The highest BCUT2D eigenvalue weighted by Gasteiger charge is 2.45. The summed E-state index contributed by atoms with van der Waals surface area (Å²) in [6.07, 6.45) is 3.29. The van der Waals surface area contributed by atoms with Crippen molar-refractivity contribution in [3.05, 3.63) is 46.7 Å². The Labute approximate surface area is 162 Å². The van der Waals surface area contributed by atoms with E-state index in [1.807, 2.05) is 19.3 Å². The second-order valence-corrected chi connectivity index (χ2v) is 7.47. The van der Waals surface area contributed by atoms with Gasteiger partial charge in [0.25, 0.3) is 11.8 Å². The van der Waals surface area contributed by atoms with Gasteiger partial charge in [0.1, 0.15) is 6.04 Å². The van der Waals surface area contributed by atoms with Crippen molar-refractivity contribution in [1.29, 1.82) is 0 Å². The van der Waals surface area contributed by atoms with Crippen LogP contribution in [-0.2, 0) is 16.1 Å². The van der Waals surface area contributed by atoms with Crippen molar-refractivity contribution in [3.8, 4) is 0 Å². The van der Waals surface area contributed by atoms with Gasteiger partial charge < -0.3 is 5.32 Å². The molecule has 0 bridgehead atoms. The first-order valence-corrected chi connectivity index (χ1v) is 9.39. The molecule has 3 heterocycles. The first-order chi connectivity index (χ1) is 13.5. The van der Waals surface area contributed by atoms with Gasteiger partial charge in [-0.05, 0) is 43.3 Å². The lowest BCUT2D eigenvalue weighted by molar-refractivity contribution is -0.136. The molecule has 146 valence electrons. The number of nitrogens with one attached hydrogen (secondary N) is 2. The summed E-state index contributed by atoms with van der Waals surface area (Å²) in [4.78, 5) is 52.6. The molecule has 0 aromatic heterocycles. The van der Waals surface area contributed by atoms with Crippen molar-refractivity contribution in [3.63, 3.8) is 0 Å². The number of carbonyl (C=O) groups excluding carboxylic acids is 4. The van der Waals surface area contributed by atoms with Crippen molar-refractivity contribution >= 4 is 23.6 Å². The third kappa shape index (κ3) is 3.20. The lowest BCUT2D eigenvalue weighted by Gasteiger charge is -2.28. The minimum atomic E-state index is -0.939. The standard InChI is InChI=1S/C20H22N4O4/c1-23(10-12-7-8-21-9-12)11-13-3-2-4-14-17(13)20(28)24(19(14)27)15-5-6-16(25)22-18(15)26/h2-4,9,15,21H,5-8,10-11H2,1H3,(H,22,25,26). The van der Waals surface area contributed by atoms with Gasteiger partial charge in [-0.3, -0.25) is 34.3 Å². The summed E-state index contributed by atoms with van der Waals surface area (Å²) in [5, 5.41) is 5.41. The number of hydrogen-bond acceptors (Lipinski definition) is 6. The molecule has 1 fully saturated rings. The van der Waals surface area contributed by atoms with Crippen LogP contribution in [0.15, 0.2) is 30.0 Å². The Kier molecular flexibility index (Phi) is 4.72. The topological polar surface area (TPSA) is 98.8 Å². The second-order valence-electron chi connectivity index (χ2n) is 7.47. The van der Waals surface area contributed by atoms with E-state index in [9.17, 15) is 19.2 Å². The van der Waals surface area contributed by atoms with E-state index in [2.05, 4.69) is 15.5 Å². The number of carbonyl (C=O) groups is 4. The molecule has 1 aromatic rings. The lowest BCUT2D eigenvalue weighted by Crippen LogP contribution is -2.54. The summed E-state index contributed by atoms with van der Waals surface area (Å²) >= 11 is 0. The van der Waals surface area contributed by atoms with Gasteiger partial charge in [0.2, 0.25) is 11.8 Å². The molecule has 3 aliphatic heterocycles. The highest BCUT2D eigenvalue weighted by atomic mass is 16.2. The highest BCUT2D eigenvalue weighted by Crippen LogP contribution is 2.30. The zero-order valence-electron chi connectivity index (χ0n) is 15.7. The molecule has 1 saturated heterocycles. The Bertz CT molecular complexity index is 907. The molecule has 3 aliphatic rings. The summed E-state index contributed by atoms with van der Waals surface area (Å²) in [6.45, 7) is 2.23. The molecule has 0 saturated carbocycles. The van der Waals surface area contributed by atoms with Crippen molar-refractivity contribution in [1.82, 2.24) is 20.4 Å². The predicted octanol–water partition coefficient (Wildman–Crippen LogP) is 0.397. The van der Waals surface area contributed by atoms with Crippen LogP contribution < -0.4 is 10.6 Å². The minimum Gasteiger partial charge on any atom is -0.391 e. The van der Waals surface area contributed by atoms with E-state index in [0.717, 1.165) is 30.0 Å². The fraction of sp³-hybridized carbons (Fsp3) is 0.400. The number of fused-ring (bicyclic) bond motifs is 1. The monoisotopic (exact) mass is 382 g/mol. The first-order valence-electron chi connectivity index (χ1n) is 9.39. The van der Waals surface area contributed by atoms with Gasteiger partial charge in [0.05, 0.1) is 11.1 Å². The SMILES string of the molecule is CN(CC1=CNCC1)Cc1cccc2c1C(=O)N(C1CCC(=O)NC1=O)C2=O. The fourth-order valence-corrected chi connectivity index (χ4v) is 4.06. The van der Waals surface area contributed by atoms with Gasteiger partial charge in [-0.2, -0.15) is 0 Å². The van der Waals surface area contributed by atoms with E-state index in [4.69, 9.17) is 0 Å². The number of rotatable bonds is 5. The number of benzene rings is 1. The minimum absolute atomic E-state index is 0.114. The number of amides is 4. The summed E-state index contributed by atoms with van der Waals surface area (Å²) < 4.78 is 0. The number of piperidine rings is 1. The molecule has 8 nitrogen and oxygen atoms in total. The van der Waals surface area contributed by atoms with Crippen LogP contribution in [0, 0.1) is 0 Å². The molecular weight excluding hydrogens is 360 g/mol. The van der Waals surface area contributed by atoms with Crippen LogP contribution in [0.3, 0.4) is 0 Å². The molecule has 0 aliphatic carbocycles. The summed E-state index contributed by atoms with van der Waals surface area (Å²) in [6, 6.07) is 4.28. The molecule has 4 amide bonds. The number of hydrogen-bond donors (Lipinski definition) is 2. The van der Waals surface area contributed by atoms with E-state index in [1.165, 1.54) is 5.57 Å². The van der Waals surface area contributed by atoms with E-state index >= 15 is 0 Å². The fourth-order valence-electron chi connectivity index (χ4n) is 4.06. The molecule has 1 atom stereocenters. The van der Waals surface area contributed by atoms with Gasteiger partial charge in [-0.1, -0.05) is 12.1 Å². The van der Waals surface area contributed by atoms with E-state index in [0.29, 0.717) is 17.7 Å². The average molecular weight is 382 g/mol. The van der Waals surface area contributed by atoms with Gasteiger partial charge in [0, 0.05) is 26.1 Å². The molecule has 1 unspecified atom stereocenters. The maximum atomic E-state index is 13.1. The molecule has 0 spiro atoms. The van der Waals surface area contributed by atoms with Crippen LogP contribution in [0.1, 0.15) is 45.5 Å². The zero-order chi connectivity index (χ0) is 19.8. The molecule has 4 rings (SSSR count). The largest absolute Gasteiger partial charge is 0.391 e. The van der Waals surface area contributed by atoms with Crippen LogP contribution in [0.4, 0.5) is 0 Å². The Morgan fingerprint density at radius 3 is 2.64 bits per heavy atom. The van der Waals surface area contributed by atoms with Crippen molar-refractivity contribution in [2.24, 2.45) is 0 Å². The molecule has 0 radical (unpaired) electrons. The number of nitrogens with zero attached hydrogens (tertiary/aromatic N) is 2. The Morgan fingerprint density at radius 2 is 1.93 bits per heavy atom. The third-order valence-corrected chi connectivity index (χ3v) is 5.36. The van der Waals surface area contributed by atoms with Gasteiger partial charge >= 0.3 is 0 Å². The average Bonchev–Trinajstić information content (AvgIpc) is 3.24. The van der Waals surface area contributed by atoms with E-state index in [-0.39, 0.29) is 18.7 Å².